The van der Waals surface area contributed by atoms with Crippen molar-refractivity contribution in [2.45, 2.75) is 44.6 Å². The van der Waals surface area contributed by atoms with Crippen molar-refractivity contribution in [3.05, 3.63) is 93.3 Å². The summed E-state index contributed by atoms with van der Waals surface area (Å²) < 4.78 is 13.3. The molecular weight excluding hydrogens is 447 g/mol. The van der Waals surface area contributed by atoms with E-state index in [-0.39, 0.29) is 23.1 Å². The van der Waals surface area contributed by atoms with Gasteiger partial charge in [0.15, 0.2) is 0 Å². The highest BCUT2D eigenvalue weighted by atomic mass is 19.1. The Balaban J connectivity index is 1.62. The maximum atomic E-state index is 13.3. The molecule has 2 N–H and O–H groups in total. The predicted molar refractivity (Wildman–Crippen MR) is 136 cm³/mol. The smallest absolute Gasteiger partial charge is 0.336 e. The first kappa shape index (κ1) is 24.1. The van der Waals surface area contributed by atoms with Crippen LogP contribution in [0.1, 0.15) is 60.0 Å². The average Bonchev–Trinajstić information content (AvgIpc) is 3.12. The van der Waals surface area contributed by atoms with E-state index in [0.29, 0.717) is 16.8 Å². The summed E-state index contributed by atoms with van der Waals surface area (Å²) in [6.45, 7) is 0. The van der Waals surface area contributed by atoms with Gasteiger partial charge in [0.1, 0.15) is 11.5 Å². The zero-order valence-electron chi connectivity index (χ0n) is 19.2. The van der Waals surface area contributed by atoms with Crippen molar-refractivity contribution >= 4 is 29.5 Å². The van der Waals surface area contributed by atoms with Crippen LogP contribution in [-0.2, 0) is 0 Å². The van der Waals surface area contributed by atoms with Crippen LogP contribution in [-0.4, -0.2) is 22.0 Å². The molecule has 35 heavy (non-hydrogen) atoms. The minimum Gasteiger partial charge on any atom is -0.478 e. The molecule has 6 nitrogen and oxygen atoms in total. The molecule has 0 heterocycles. The van der Waals surface area contributed by atoms with Crippen LogP contribution in [0.4, 0.5) is 15.8 Å². The van der Waals surface area contributed by atoms with Gasteiger partial charge in [0.05, 0.1) is 10.5 Å². The molecule has 1 aliphatic carbocycles. The zero-order chi connectivity index (χ0) is 24.8. The van der Waals surface area contributed by atoms with Crippen LogP contribution >= 0.6 is 0 Å². The topological polar surface area (TPSA) is 92.5 Å². The lowest BCUT2D eigenvalue weighted by molar-refractivity contribution is -0.384. The van der Waals surface area contributed by atoms with Gasteiger partial charge in [0.2, 0.25) is 0 Å². The highest BCUT2D eigenvalue weighted by Gasteiger charge is 2.19. The van der Waals surface area contributed by atoms with E-state index in [9.17, 15) is 24.4 Å². The Morgan fingerprint density at radius 3 is 2.29 bits per heavy atom. The van der Waals surface area contributed by atoms with Gasteiger partial charge in [0.25, 0.3) is 5.69 Å². The molecule has 0 atom stereocenters. The highest BCUT2D eigenvalue weighted by molar-refractivity contribution is 5.94. The van der Waals surface area contributed by atoms with Crippen molar-refractivity contribution in [2.75, 3.05) is 5.32 Å². The Hall–Kier alpha value is -4.00. The Morgan fingerprint density at radius 1 is 0.943 bits per heavy atom. The summed E-state index contributed by atoms with van der Waals surface area (Å²) in [5.74, 6) is -1.43. The van der Waals surface area contributed by atoms with E-state index >= 15 is 0 Å². The molecule has 4 rings (SSSR count). The number of carboxylic acid groups (broad SMARTS) is 1. The first-order valence-corrected chi connectivity index (χ1v) is 11.8. The van der Waals surface area contributed by atoms with Crippen molar-refractivity contribution in [2.24, 2.45) is 0 Å². The molecule has 0 aromatic heterocycles. The maximum absolute atomic E-state index is 13.3. The van der Waals surface area contributed by atoms with Crippen LogP contribution in [0, 0.1) is 15.9 Å². The summed E-state index contributed by atoms with van der Waals surface area (Å²) in [5.41, 5.74) is 3.13. The second kappa shape index (κ2) is 11.0. The number of hydrogen-bond acceptors (Lipinski definition) is 4. The van der Waals surface area contributed by atoms with Crippen LogP contribution in [0.15, 0.2) is 60.7 Å². The number of carboxylic acids is 1. The normalized spacial score (nSPS) is 14.5. The van der Waals surface area contributed by atoms with Gasteiger partial charge in [-0.05, 0) is 65.4 Å². The Labute approximate surface area is 203 Å². The van der Waals surface area contributed by atoms with E-state index in [1.54, 1.807) is 48.6 Å². The molecule has 7 heteroatoms. The third-order valence-corrected chi connectivity index (χ3v) is 6.35. The molecule has 1 saturated carbocycles. The SMILES string of the molecule is O=C(O)c1ccc(-c2ccc(F)cc2)cc1/C=C/c1ccc(NC2CCCCCC2)c([N+](=O)[O-])c1. The number of benzene rings is 3. The number of carbonyl (C=O) groups is 1. The minimum atomic E-state index is -1.08. The number of hydrogen-bond donors (Lipinski definition) is 2. The van der Waals surface area contributed by atoms with Crippen molar-refractivity contribution in [3.63, 3.8) is 0 Å². The first-order chi connectivity index (χ1) is 16.9. The lowest BCUT2D eigenvalue weighted by Gasteiger charge is -2.17. The quantitative estimate of drug-likeness (QED) is 0.161. The summed E-state index contributed by atoms with van der Waals surface area (Å²) >= 11 is 0. The number of anilines is 1. The number of nitro groups is 1. The van der Waals surface area contributed by atoms with Crippen LogP contribution in [0.2, 0.25) is 0 Å². The van der Waals surface area contributed by atoms with E-state index in [1.807, 2.05) is 0 Å². The second-order valence-electron chi connectivity index (χ2n) is 8.81. The van der Waals surface area contributed by atoms with Gasteiger partial charge in [-0.15, -0.1) is 0 Å². The van der Waals surface area contributed by atoms with Crippen LogP contribution in [0.3, 0.4) is 0 Å². The fourth-order valence-corrected chi connectivity index (χ4v) is 4.47. The summed E-state index contributed by atoms with van der Waals surface area (Å²) in [7, 11) is 0. The van der Waals surface area contributed by atoms with Crippen LogP contribution < -0.4 is 5.32 Å². The molecule has 0 amide bonds. The molecule has 3 aromatic rings. The van der Waals surface area contributed by atoms with Crippen molar-refractivity contribution in [3.8, 4) is 11.1 Å². The average molecular weight is 475 g/mol. The molecule has 0 unspecified atom stereocenters. The van der Waals surface area contributed by atoms with Gasteiger partial charge in [-0.2, -0.15) is 0 Å². The summed E-state index contributed by atoms with van der Waals surface area (Å²) in [4.78, 5) is 23.1. The van der Waals surface area contributed by atoms with Crippen molar-refractivity contribution in [1.29, 1.82) is 0 Å². The molecule has 1 fully saturated rings. The molecular formula is C28H27FN2O4. The molecule has 3 aromatic carbocycles. The largest absolute Gasteiger partial charge is 0.478 e. The fraction of sp³-hybridized carbons (Fsp3) is 0.250. The summed E-state index contributed by atoms with van der Waals surface area (Å²) in [6.07, 6.45) is 9.94. The van der Waals surface area contributed by atoms with E-state index in [4.69, 9.17) is 0 Å². The summed E-state index contributed by atoms with van der Waals surface area (Å²) in [6, 6.07) is 16.1. The number of aromatic carboxylic acids is 1. The Bertz CT molecular complexity index is 1250. The fourth-order valence-electron chi connectivity index (χ4n) is 4.47. The molecule has 180 valence electrons. The molecule has 0 radical (unpaired) electrons. The van der Waals surface area contributed by atoms with E-state index in [0.717, 1.165) is 36.8 Å². The molecule has 0 bridgehead atoms. The van der Waals surface area contributed by atoms with Crippen LogP contribution in [0.25, 0.3) is 23.3 Å². The standard InChI is InChI=1S/C28H27FN2O4/c29-23-13-10-20(11-14-23)21-12-15-25(28(32)33)22(18-21)9-7-19-8-16-26(27(17-19)31(34)35)30-24-5-3-1-2-4-6-24/h7-18,24,30H,1-6H2,(H,32,33)/b9-7+. The van der Waals surface area contributed by atoms with E-state index in [1.165, 1.54) is 37.1 Å². The Kier molecular flexibility index (Phi) is 7.55. The van der Waals surface area contributed by atoms with Crippen LogP contribution in [0.5, 0.6) is 0 Å². The lowest BCUT2D eigenvalue weighted by atomic mass is 9.98. The van der Waals surface area contributed by atoms with Gasteiger partial charge in [0, 0.05) is 12.1 Å². The number of nitro benzene ring substituents is 1. The predicted octanol–water partition coefficient (Wildman–Crippen LogP) is 7.40. The Morgan fingerprint density at radius 2 is 1.63 bits per heavy atom. The highest BCUT2D eigenvalue weighted by Crippen LogP contribution is 2.30. The van der Waals surface area contributed by atoms with Gasteiger partial charge in [-0.1, -0.05) is 62.1 Å². The van der Waals surface area contributed by atoms with Crippen molar-refractivity contribution in [1.82, 2.24) is 0 Å². The third-order valence-electron chi connectivity index (χ3n) is 6.35. The first-order valence-electron chi connectivity index (χ1n) is 11.8. The third kappa shape index (κ3) is 6.12. The minimum absolute atomic E-state index is 0.00471. The van der Waals surface area contributed by atoms with Gasteiger partial charge in [-0.3, -0.25) is 10.1 Å². The number of halogens is 1. The van der Waals surface area contributed by atoms with E-state index < -0.39 is 10.9 Å². The number of nitrogens with one attached hydrogen (secondary N) is 1. The lowest BCUT2D eigenvalue weighted by Crippen LogP contribution is -2.19. The van der Waals surface area contributed by atoms with Crippen molar-refractivity contribution < 1.29 is 19.2 Å². The second-order valence-corrected chi connectivity index (χ2v) is 8.81. The monoisotopic (exact) mass is 474 g/mol. The van der Waals surface area contributed by atoms with Gasteiger partial charge in [-0.25, -0.2) is 9.18 Å². The van der Waals surface area contributed by atoms with Gasteiger partial charge < -0.3 is 10.4 Å². The molecule has 0 saturated heterocycles. The zero-order valence-corrected chi connectivity index (χ0v) is 19.2. The molecule has 0 aliphatic heterocycles. The molecule has 0 spiro atoms. The maximum Gasteiger partial charge on any atom is 0.336 e. The molecule has 1 aliphatic rings. The van der Waals surface area contributed by atoms with Gasteiger partial charge >= 0.3 is 5.97 Å². The number of rotatable bonds is 7. The summed E-state index contributed by atoms with van der Waals surface area (Å²) in [5, 5.41) is 24.7. The number of nitrogens with zero attached hydrogens (tertiary/aromatic N) is 1. The van der Waals surface area contributed by atoms with E-state index in [2.05, 4.69) is 5.32 Å².